The Morgan fingerprint density at radius 3 is 3.00 bits per heavy atom. The van der Waals surface area contributed by atoms with Gasteiger partial charge in [0.25, 0.3) is 5.91 Å². The molecule has 2 N–H and O–H groups in total. The largest absolute Gasteiger partial charge is 0.369 e. The van der Waals surface area contributed by atoms with Crippen molar-refractivity contribution in [3.8, 4) is 0 Å². The molecule has 0 saturated carbocycles. The van der Waals surface area contributed by atoms with Gasteiger partial charge in [0, 0.05) is 25.0 Å². The molecule has 2 aromatic rings. The third kappa shape index (κ3) is 4.55. The number of aromatic nitrogens is 4. The molecule has 1 amide bonds. The number of nitrogens with one attached hydrogen (secondary N) is 2. The zero-order valence-electron chi connectivity index (χ0n) is 12.3. The van der Waals surface area contributed by atoms with E-state index in [1.807, 2.05) is 19.2 Å². The third-order valence-electron chi connectivity index (χ3n) is 2.82. The zero-order valence-corrected chi connectivity index (χ0v) is 12.3. The van der Waals surface area contributed by atoms with Crippen LogP contribution in [0.3, 0.4) is 0 Å². The highest BCUT2D eigenvalue weighted by molar-refractivity contribution is 5.92. The summed E-state index contributed by atoms with van der Waals surface area (Å²) in [5.41, 5.74) is 0.309. The number of rotatable bonds is 7. The standard InChI is InChI=1S/C14H20N6O/c1-3-5-16-13-9-15-8-12(19-13)14(21)18-11(2)10-20-7-4-6-17-20/h4,6-9,11H,3,5,10H2,1-2H3,(H,16,19)(H,18,21). The second-order valence-corrected chi connectivity index (χ2v) is 4.82. The Kier molecular flexibility index (Phi) is 5.25. The van der Waals surface area contributed by atoms with Gasteiger partial charge in [0.1, 0.15) is 11.5 Å². The predicted octanol–water partition coefficient (Wildman–Crippen LogP) is 1.31. The molecule has 1 atom stereocenters. The van der Waals surface area contributed by atoms with Crippen LogP contribution in [0.5, 0.6) is 0 Å². The summed E-state index contributed by atoms with van der Waals surface area (Å²) < 4.78 is 1.77. The molecule has 112 valence electrons. The molecule has 0 radical (unpaired) electrons. The quantitative estimate of drug-likeness (QED) is 0.802. The van der Waals surface area contributed by atoms with E-state index in [-0.39, 0.29) is 11.9 Å². The van der Waals surface area contributed by atoms with Crippen LogP contribution in [0.4, 0.5) is 5.82 Å². The van der Waals surface area contributed by atoms with E-state index in [0.29, 0.717) is 18.1 Å². The number of anilines is 1. The molecule has 0 aliphatic carbocycles. The van der Waals surface area contributed by atoms with Crippen LogP contribution in [0.2, 0.25) is 0 Å². The topological polar surface area (TPSA) is 84.7 Å². The summed E-state index contributed by atoms with van der Waals surface area (Å²) in [6.07, 6.45) is 7.63. The van der Waals surface area contributed by atoms with Crippen molar-refractivity contribution in [3.05, 3.63) is 36.5 Å². The average Bonchev–Trinajstić information content (AvgIpc) is 2.98. The molecular formula is C14H20N6O. The molecule has 0 fully saturated rings. The van der Waals surface area contributed by atoms with Crippen LogP contribution in [-0.4, -0.2) is 38.2 Å². The van der Waals surface area contributed by atoms with Gasteiger partial charge in [-0.3, -0.25) is 14.5 Å². The lowest BCUT2D eigenvalue weighted by Crippen LogP contribution is -2.36. The molecule has 7 heteroatoms. The zero-order chi connectivity index (χ0) is 15.1. The number of amides is 1. The lowest BCUT2D eigenvalue weighted by molar-refractivity contribution is 0.0930. The smallest absolute Gasteiger partial charge is 0.271 e. The van der Waals surface area contributed by atoms with Gasteiger partial charge < -0.3 is 10.6 Å². The van der Waals surface area contributed by atoms with E-state index < -0.39 is 0 Å². The Labute approximate surface area is 123 Å². The minimum absolute atomic E-state index is 0.0496. The molecule has 0 aliphatic rings. The fourth-order valence-corrected chi connectivity index (χ4v) is 1.85. The molecule has 21 heavy (non-hydrogen) atoms. The van der Waals surface area contributed by atoms with Crippen LogP contribution in [0, 0.1) is 0 Å². The van der Waals surface area contributed by atoms with Gasteiger partial charge in [0.15, 0.2) is 0 Å². The third-order valence-corrected chi connectivity index (χ3v) is 2.82. The first-order valence-corrected chi connectivity index (χ1v) is 7.03. The van der Waals surface area contributed by atoms with Crippen LogP contribution in [-0.2, 0) is 6.54 Å². The van der Waals surface area contributed by atoms with Gasteiger partial charge in [-0.1, -0.05) is 6.92 Å². The second-order valence-electron chi connectivity index (χ2n) is 4.82. The maximum Gasteiger partial charge on any atom is 0.271 e. The van der Waals surface area contributed by atoms with Crippen LogP contribution in [0.25, 0.3) is 0 Å². The fraction of sp³-hybridized carbons (Fsp3) is 0.429. The summed E-state index contributed by atoms with van der Waals surface area (Å²) in [4.78, 5) is 20.4. The second kappa shape index (κ2) is 7.37. The summed E-state index contributed by atoms with van der Waals surface area (Å²) in [7, 11) is 0. The van der Waals surface area contributed by atoms with E-state index in [4.69, 9.17) is 0 Å². The number of nitrogens with zero attached hydrogens (tertiary/aromatic N) is 4. The molecule has 1 unspecified atom stereocenters. The Morgan fingerprint density at radius 2 is 2.29 bits per heavy atom. The highest BCUT2D eigenvalue weighted by Gasteiger charge is 2.12. The molecule has 7 nitrogen and oxygen atoms in total. The minimum atomic E-state index is -0.234. The molecule has 2 aromatic heterocycles. The number of hydrogen-bond acceptors (Lipinski definition) is 5. The van der Waals surface area contributed by atoms with Gasteiger partial charge >= 0.3 is 0 Å². The SMILES string of the molecule is CCCNc1cncc(C(=O)NC(C)Cn2cccn2)n1. The van der Waals surface area contributed by atoms with Crippen LogP contribution in [0.15, 0.2) is 30.9 Å². The van der Waals surface area contributed by atoms with Gasteiger partial charge in [-0.25, -0.2) is 4.98 Å². The van der Waals surface area contributed by atoms with E-state index in [1.54, 1.807) is 17.1 Å². The maximum atomic E-state index is 12.1. The molecule has 0 aromatic carbocycles. The van der Waals surface area contributed by atoms with Gasteiger partial charge in [0.2, 0.25) is 0 Å². The van der Waals surface area contributed by atoms with E-state index in [9.17, 15) is 4.79 Å². The van der Waals surface area contributed by atoms with E-state index >= 15 is 0 Å². The molecule has 0 bridgehead atoms. The Bertz CT molecular complexity index is 569. The summed E-state index contributed by atoms with van der Waals surface area (Å²) in [5.74, 6) is 0.381. The van der Waals surface area contributed by atoms with Gasteiger partial charge in [-0.2, -0.15) is 5.10 Å². The lowest BCUT2D eigenvalue weighted by Gasteiger charge is -2.14. The molecule has 2 heterocycles. The fourth-order valence-electron chi connectivity index (χ4n) is 1.85. The summed E-state index contributed by atoms with van der Waals surface area (Å²) >= 11 is 0. The maximum absolute atomic E-state index is 12.1. The number of carbonyl (C=O) groups excluding carboxylic acids is 1. The lowest BCUT2D eigenvalue weighted by atomic mass is 10.3. The first-order chi connectivity index (χ1) is 10.2. The van der Waals surface area contributed by atoms with Crippen molar-refractivity contribution in [1.82, 2.24) is 25.1 Å². The molecule has 2 rings (SSSR count). The first-order valence-electron chi connectivity index (χ1n) is 7.03. The summed E-state index contributed by atoms with van der Waals surface area (Å²) in [6, 6.07) is 1.80. The van der Waals surface area contributed by atoms with Crippen molar-refractivity contribution < 1.29 is 4.79 Å². The van der Waals surface area contributed by atoms with E-state index in [2.05, 4.69) is 32.6 Å². The van der Waals surface area contributed by atoms with Crippen molar-refractivity contribution in [3.63, 3.8) is 0 Å². The number of hydrogen-bond donors (Lipinski definition) is 2. The van der Waals surface area contributed by atoms with Crippen molar-refractivity contribution in [2.24, 2.45) is 0 Å². The van der Waals surface area contributed by atoms with E-state index in [1.165, 1.54) is 6.20 Å². The van der Waals surface area contributed by atoms with Crippen LogP contribution >= 0.6 is 0 Å². The van der Waals surface area contributed by atoms with E-state index in [0.717, 1.165) is 13.0 Å². The summed E-state index contributed by atoms with van der Waals surface area (Å²) in [6.45, 7) is 5.40. The molecular weight excluding hydrogens is 268 g/mol. The van der Waals surface area contributed by atoms with Crippen LogP contribution in [0.1, 0.15) is 30.8 Å². The highest BCUT2D eigenvalue weighted by Crippen LogP contribution is 2.03. The van der Waals surface area contributed by atoms with Crippen molar-refractivity contribution in [1.29, 1.82) is 0 Å². The van der Waals surface area contributed by atoms with Gasteiger partial charge in [0.05, 0.1) is 18.9 Å². The monoisotopic (exact) mass is 288 g/mol. The Morgan fingerprint density at radius 1 is 1.43 bits per heavy atom. The Hall–Kier alpha value is -2.44. The van der Waals surface area contributed by atoms with Crippen molar-refractivity contribution >= 4 is 11.7 Å². The first kappa shape index (κ1) is 15.0. The van der Waals surface area contributed by atoms with Crippen molar-refractivity contribution in [2.75, 3.05) is 11.9 Å². The van der Waals surface area contributed by atoms with Gasteiger partial charge in [-0.15, -0.1) is 0 Å². The minimum Gasteiger partial charge on any atom is -0.369 e. The highest BCUT2D eigenvalue weighted by atomic mass is 16.1. The molecule has 0 saturated heterocycles. The molecule has 0 spiro atoms. The Balaban J connectivity index is 1.93. The normalized spacial score (nSPS) is 11.9. The average molecular weight is 288 g/mol. The predicted molar refractivity (Wildman–Crippen MR) is 80.0 cm³/mol. The van der Waals surface area contributed by atoms with Gasteiger partial charge in [-0.05, 0) is 19.4 Å². The molecule has 0 aliphatic heterocycles. The van der Waals surface area contributed by atoms with Crippen molar-refractivity contribution in [2.45, 2.75) is 32.9 Å². The number of carbonyl (C=O) groups is 1. The summed E-state index contributed by atoms with van der Waals surface area (Å²) in [5, 5.41) is 10.1. The van der Waals surface area contributed by atoms with Crippen LogP contribution < -0.4 is 10.6 Å².